The number of hydrogen-bond donors (Lipinski definition) is 1. The van der Waals surface area contributed by atoms with Gasteiger partial charge in [0.15, 0.2) is 0 Å². The van der Waals surface area contributed by atoms with Crippen molar-refractivity contribution in [3.8, 4) is 0 Å². The van der Waals surface area contributed by atoms with Crippen LogP contribution >= 0.6 is 33.9 Å². The molecule has 1 heterocycles. The molecule has 0 saturated heterocycles. The van der Waals surface area contributed by atoms with Gasteiger partial charge >= 0.3 is 0 Å². The molecule has 15 heavy (non-hydrogen) atoms. The van der Waals surface area contributed by atoms with E-state index >= 15 is 0 Å². The maximum Gasteiger partial charge on any atom is 0.261 e. The molecule has 0 aliphatic rings. The highest BCUT2D eigenvalue weighted by molar-refractivity contribution is 14.1. The van der Waals surface area contributed by atoms with Crippen molar-refractivity contribution in [3.05, 3.63) is 21.9 Å². The van der Waals surface area contributed by atoms with Crippen LogP contribution in [-0.4, -0.2) is 16.9 Å². The standard InChI is InChI=1S/C11H16INOS/c1-2-9-5-8-15-10(9)11(14)13-7-4-3-6-12/h5,8H,2-4,6-7H2,1H3,(H,13,14). The minimum atomic E-state index is 0.0929. The second kappa shape index (κ2) is 7.22. The van der Waals surface area contributed by atoms with E-state index in [1.165, 1.54) is 17.8 Å². The third kappa shape index (κ3) is 4.10. The van der Waals surface area contributed by atoms with E-state index in [0.29, 0.717) is 0 Å². The van der Waals surface area contributed by atoms with Crippen LogP contribution in [0.5, 0.6) is 0 Å². The molecule has 4 heteroatoms. The third-order valence-corrected chi connectivity index (χ3v) is 3.90. The van der Waals surface area contributed by atoms with Gasteiger partial charge < -0.3 is 5.32 Å². The van der Waals surface area contributed by atoms with Crippen molar-refractivity contribution >= 4 is 39.8 Å². The Balaban J connectivity index is 2.40. The van der Waals surface area contributed by atoms with Gasteiger partial charge in [0, 0.05) is 6.54 Å². The molecular weight excluding hydrogens is 321 g/mol. The highest BCUT2D eigenvalue weighted by atomic mass is 127. The van der Waals surface area contributed by atoms with E-state index in [-0.39, 0.29) is 5.91 Å². The Kier molecular flexibility index (Phi) is 6.24. The third-order valence-electron chi connectivity index (χ3n) is 2.18. The van der Waals surface area contributed by atoms with Crippen molar-refractivity contribution in [2.45, 2.75) is 26.2 Å². The molecule has 0 aliphatic heterocycles. The van der Waals surface area contributed by atoms with Crippen molar-refractivity contribution in [1.82, 2.24) is 5.32 Å². The molecule has 0 aromatic carbocycles. The lowest BCUT2D eigenvalue weighted by molar-refractivity contribution is 0.0956. The second-order valence-corrected chi connectivity index (χ2v) is 5.28. The van der Waals surface area contributed by atoms with E-state index in [4.69, 9.17) is 0 Å². The predicted octanol–water partition coefficient (Wildman–Crippen LogP) is 3.26. The molecule has 0 unspecified atom stereocenters. The van der Waals surface area contributed by atoms with E-state index in [1.54, 1.807) is 0 Å². The smallest absolute Gasteiger partial charge is 0.261 e. The average Bonchev–Trinajstić information content (AvgIpc) is 2.72. The van der Waals surface area contributed by atoms with Crippen LogP contribution in [0.1, 0.15) is 35.0 Å². The number of halogens is 1. The minimum absolute atomic E-state index is 0.0929. The molecule has 0 aliphatic carbocycles. The first-order valence-electron chi connectivity index (χ1n) is 5.20. The van der Waals surface area contributed by atoms with Crippen molar-refractivity contribution in [2.75, 3.05) is 11.0 Å². The second-order valence-electron chi connectivity index (χ2n) is 3.28. The SMILES string of the molecule is CCc1ccsc1C(=O)NCCCCI. The molecule has 1 amide bonds. The Labute approximate surface area is 109 Å². The number of nitrogens with one attached hydrogen (secondary N) is 1. The molecule has 1 rings (SSSR count). The number of amides is 1. The van der Waals surface area contributed by atoms with Crippen LogP contribution in [0, 0.1) is 0 Å². The number of alkyl halides is 1. The van der Waals surface area contributed by atoms with Gasteiger partial charge in [-0.1, -0.05) is 29.5 Å². The molecule has 0 bridgehead atoms. The molecule has 1 aromatic heterocycles. The summed E-state index contributed by atoms with van der Waals surface area (Å²) in [5.41, 5.74) is 1.16. The summed E-state index contributed by atoms with van der Waals surface area (Å²) in [4.78, 5) is 12.6. The highest BCUT2D eigenvalue weighted by Gasteiger charge is 2.10. The fourth-order valence-electron chi connectivity index (χ4n) is 1.32. The minimum Gasteiger partial charge on any atom is -0.351 e. The Morgan fingerprint density at radius 1 is 1.53 bits per heavy atom. The van der Waals surface area contributed by atoms with Crippen molar-refractivity contribution < 1.29 is 4.79 Å². The topological polar surface area (TPSA) is 29.1 Å². The van der Waals surface area contributed by atoms with Gasteiger partial charge in [-0.2, -0.15) is 0 Å². The number of carbonyl (C=O) groups excluding carboxylic acids is 1. The summed E-state index contributed by atoms with van der Waals surface area (Å²) in [6.45, 7) is 2.87. The number of carbonyl (C=O) groups is 1. The van der Waals surface area contributed by atoms with Gasteiger partial charge in [-0.3, -0.25) is 4.79 Å². The summed E-state index contributed by atoms with van der Waals surface area (Å²) in [6.07, 6.45) is 3.17. The van der Waals surface area contributed by atoms with E-state index in [1.807, 2.05) is 11.4 Å². The van der Waals surface area contributed by atoms with Gasteiger partial charge in [0.2, 0.25) is 0 Å². The number of rotatable bonds is 6. The molecule has 84 valence electrons. The van der Waals surface area contributed by atoms with Gasteiger partial charge in [0.1, 0.15) is 0 Å². The molecule has 2 nitrogen and oxygen atoms in total. The maximum absolute atomic E-state index is 11.7. The van der Waals surface area contributed by atoms with Crippen molar-refractivity contribution in [1.29, 1.82) is 0 Å². The van der Waals surface area contributed by atoms with Crippen LogP contribution in [0.4, 0.5) is 0 Å². The lowest BCUT2D eigenvalue weighted by Crippen LogP contribution is -2.24. The summed E-state index contributed by atoms with van der Waals surface area (Å²) in [5, 5.41) is 4.95. The summed E-state index contributed by atoms with van der Waals surface area (Å²) >= 11 is 3.89. The van der Waals surface area contributed by atoms with Gasteiger partial charge in [0.05, 0.1) is 4.88 Å². The molecule has 0 atom stereocenters. The molecule has 0 fully saturated rings. The van der Waals surface area contributed by atoms with E-state index in [2.05, 4.69) is 34.8 Å². The van der Waals surface area contributed by atoms with Crippen molar-refractivity contribution in [3.63, 3.8) is 0 Å². The Hall–Kier alpha value is -0.100. The zero-order valence-corrected chi connectivity index (χ0v) is 11.9. The molecule has 1 aromatic rings. The highest BCUT2D eigenvalue weighted by Crippen LogP contribution is 2.16. The van der Waals surface area contributed by atoms with Crippen LogP contribution in [0.3, 0.4) is 0 Å². The van der Waals surface area contributed by atoms with Crippen LogP contribution in [0.15, 0.2) is 11.4 Å². The quantitative estimate of drug-likeness (QED) is 0.482. The summed E-state index contributed by atoms with van der Waals surface area (Å²) in [6, 6.07) is 2.03. The number of unbranched alkanes of at least 4 members (excludes halogenated alkanes) is 1. The van der Waals surface area contributed by atoms with E-state index in [9.17, 15) is 4.79 Å². The number of hydrogen-bond acceptors (Lipinski definition) is 2. The average molecular weight is 337 g/mol. The van der Waals surface area contributed by atoms with Crippen LogP contribution in [-0.2, 0) is 6.42 Å². The molecule has 0 saturated carbocycles. The van der Waals surface area contributed by atoms with Crippen LogP contribution < -0.4 is 5.32 Å². The predicted molar refractivity (Wildman–Crippen MR) is 74.2 cm³/mol. The van der Waals surface area contributed by atoms with Crippen LogP contribution in [0.25, 0.3) is 0 Å². The van der Waals surface area contributed by atoms with E-state index < -0.39 is 0 Å². The normalized spacial score (nSPS) is 10.3. The number of thiophene rings is 1. The zero-order valence-electron chi connectivity index (χ0n) is 8.88. The fraction of sp³-hybridized carbons (Fsp3) is 0.545. The van der Waals surface area contributed by atoms with Gasteiger partial charge in [-0.15, -0.1) is 11.3 Å². The lowest BCUT2D eigenvalue weighted by Gasteiger charge is -2.04. The van der Waals surface area contributed by atoms with Gasteiger partial charge in [0.25, 0.3) is 5.91 Å². The zero-order chi connectivity index (χ0) is 11.1. The van der Waals surface area contributed by atoms with Gasteiger partial charge in [-0.05, 0) is 40.7 Å². The summed E-state index contributed by atoms with van der Waals surface area (Å²) in [7, 11) is 0. The summed E-state index contributed by atoms with van der Waals surface area (Å²) in [5.74, 6) is 0.0929. The first kappa shape index (κ1) is 13.0. The Morgan fingerprint density at radius 3 is 3.00 bits per heavy atom. The lowest BCUT2D eigenvalue weighted by atomic mass is 10.2. The Morgan fingerprint density at radius 2 is 2.33 bits per heavy atom. The van der Waals surface area contributed by atoms with Gasteiger partial charge in [-0.25, -0.2) is 0 Å². The fourth-order valence-corrected chi connectivity index (χ4v) is 2.77. The summed E-state index contributed by atoms with van der Waals surface area (Å²) < 4.78 is 1.16. The van der Waals surface area contributed by atoms with Crippen molar-refractivity contribution in [2.24, 2.45) is 0 Å². The monoisotopic (exact) mass is 337 g/mol. The van der Waals surface area contributed by atoms with Crippen LogP contribution in [0.2, 0.25) is 0 Å². The first-order valence-corrected chi connectivity index (χ1v) is 7.60. The maximum atomic E-state index is 11.7. The largest absolute Gasteiger partial charge is 0.351 e. The molecule has 0 radical (unpaired) electrons. The Bertz CT molecular complexity index is 311. The van der Waals surface area contributed by atoms with E-state index in [0.717, 1.165) is 34.3 Å². The molecule has 0 spiro atoms. The molecular formula is C11H16INOS. The first-order chi connectivity index (χ1) is 7.29. The number of aryl methyl sites for hydroxylation is 1. The molecule has 1 N–H and O–H groups in total.